The molecule has 0 spiro atoms. The summed E-state index contributed by atoms with van der Waals surface area (Å²) in [5.74, 6) is -4.23. The van der Waals surface area contributed by atoms with Gasteiger partial charge in [-0.3, -0.25) is 24.0 Å². The molecule has 10 N–H and O–H groups in total. The van der Waals surface area contributed by atoms with Gasteiger partial charge in [0.1, 0.15) is 18.1 Å². The van der Waals surface area contributed by atoms with Crippen LogP contribution < -0.4 is 33.2 Å². The van der Waals surface area contributed by atoms with E-state index in [4.69, 9.17) is 22.3 Å². The minimum absolute atomic E-state index is 0.0829. The topological polar surface area (TPSA) is 220 Å². The molecule has 31 heavy (non-hydrogen) atoms. The van der Waals surface area contributed by atoms with E-state index in [-0.39, 0.29) is 18.8 Å². The van der Waals surface area contributed by atoms with Gasteiger partial charge in [-0.1, -0.05) is 20.3 Å². The van der Waals surface area contributed by atoms with Crippen LogP contribution in [-0.2, 0) is 24.0 Å². The fourth-order valence-corrected chi connectivity index (χ4v) is 2.63. The van der Waals surface area contributed by atoms with Gasteiger partial charge in [-0.05, 0) is 38.6 Å². The molecule has 0 aliphatic rings. The summed E-state index contributed by atoms with van der Waals surface area (Å²) in [6, 6.07) is -4.22. The molecule has 0 aliphatic carbocycles. The molecule has 0 fully saturated rings. The van der Waals surface area contributed by atoms with E-state index in [1.165, 1.54) is 6.92 Å². The van der Waals surface area contributed by atoms with Crippen LogP contribution in [0.25, 0.3) is 0 Å². The number of carbonyl (C=O) groups is 5. The van der Waals surface area contributed by atoms with Crippen molar-refractivity contribution in [2.75, 3.05) is 6.54 Å². The number of carbonyl (C=O) groups excluding carboxylic acids is 4. The predicted octanol–water partition coefficient (Wildman–Crippen LogP) is -2.08. The number of nitrogens with two attached hydrogens (primary N) is 3. The van der Waals surface area contributed by atoms with Gasteiger partial charge in [0.05, 0.1) is 6.04 Å². The molecule has 0 heterocycles. The van der Waals surface area contributed by atoms with Crippen LogP contribution in [0.15, 0.2) is 0 Å². The summed E-state index contributed by atoms with van der Waals surface area (Å²) < 4.78 is 0. The SMILES string of the molecule is CC(NC(=O)C(NC(=O)C(CCC(N)=O)NC(=O)C(N)CCCCN)C(C)C)C(=O)O. The maximum absolute atomic E-state index is 12.8. The van der Waals surface area contributed by atoms with Crippen LogP contribution in [0.2, 0.25) is 0 Å². The second-order valence-electron chi connectivity index (χ2n) is 7.76. The highest BCUT2D eigenvalue weighted by Gasteiger charge is 2.31. The zero-order valence-corrected chi connectivity index (χ0v) is 18.3. The van der Waals surface area contributed by atoms with Gasteiger partial charge in [-0.15, -0.1) is 0 Å². The quantitative estimate of drug-likeness (QED) is 0.139. The molecule has 178 valence electrons. The van der Waals surface area contributed by atoms with Crippen LogP contribution in [0, 0.1) is 5.92 Å². The molecule has 4 amide bonds. The van der Waals surface area contributed by atoms with E-state index in [9.17, 15) is 24.0 Å². The van der Waals surface area contributed by atoms with Crippen molar-refractivity contribution in [2.24, 2.45) is 23.1 Å². The number of primary amides is 1. The first-order valence-corrected chi connectivity index (χ1v) is 10.3. The lowest BCUT2D eigenvalue weighted by molar-refractivity contribution is -0.142. The third-order valence-corrected chi connectivity index (χ3v) is 4.59. The van der Waals surface area contributed by atoms with Gasteiger partial charge in [-0.25, -0.2) is 0 Å². The van der Waals surface area contributed by atoms with E-state index >= 15 is 0 Å². The lowest BCUT2D eigenvalue weighted by Crippen LogP contribution is -2.58. The third kappa shape index (κ3) is 11.3. The molecular formula is C19H36N6O6. The summed E-state index contributed by atoms with van der Waals surface area (Å²) in [6.07, 6.45) is 1.46. The average Bonchev–Trinajstić information content (AvgIpc) is 2.68. The van der Waals surface area contributed by atoms with E-state index in [0.717, 1.165) is 0 Å². The number of unbranched alkanes of at least 4 members (excludes halogenated alkanes) is 1. The molecule has 0 aromatic carbocycles. The molecular weight excluding hydrogens is 408 g/mol. The largest absolute Gasteiger partial charge is 0.480 e. The van der Waals surface area contributed by atoms with Gasteiger partial charge < -0.3 is 38.3 Å². The van der Waals surface area contributed by atoms with Crippen LogP contribution in [-0.4, -0.2) is 65.4 Å². The first-order chi connectivity index (χ1) is 14.4. The molecule has 0 aliphatic heterocycles. The van der Waals surface area contributed by atoms with Crippen LogP contribution in [0.1, 0.15) is 52.9 Å². The summed E-state index contributed by atoms with van der Waals surface area (Å²) in [6.45, 7) is 5.10. The van der Waals surface area contributed by atoms with Crippen molar-refractivity contribution in [2.45, 2.75) is 77.0 Å². The Bertz CT molecular complexity index is 641. The number of carboxylic acid groups (broad SMARTS) is 1. The molecule has 0 aromatic rings. The maximum Gasteiger partial charge on any atom is 0.325 e. The van der Waals surface area contributed by atoms with Crippen LogP contribution in [0.3, 0.4) is 0 Å². The lowest BCUT2D eigenvalue weighted by Gasteiger charge is -2.26. The highest BCUT2D eigenvalue weighted by atomic mass is 16.4. The second-order valence-corrected chi connectivity index (χ2v) is 7.76. The molecule has 4 unspecified atom stereocenters. The van der Waals surface area contributed by atoms with Gasteiger partial charge in [0.15, 0.2) is 0 Å². The standard InChI is InChI=1S/C19H36N6O6/c1-10(2)15(18(29)23-11(3)19(30)31)25-17(28)13(7-8-14(22)26)24-16(27)12(21)6-4-5-9-20/h10-13,15H,4-9,20-21H2,1-3H3,(H2,22,26)(H,23,29)(H,24,27)(H,25,28)(H,30,31). The molecule has 0 rings (SSSR count). The maximum atomic E-state index is 12.8. The Hall–Kier alpha value is -2.73. The van der Waals surface area contributed by atoms with Crippen molar-refractivity contribution in [3.8, 4) is 0 Å². The Labute approximate surface area is 182 Å². The first-order valence-electron chi connectivity index (χ1n) is 10.3. The number of aliphatic carboxylic acids is 1. The number of carboxylic acids is 1. The summed E-state index contributed by atoms with van der Waals surface area (Å²) in [5.41, 5.74) is 16.4. The predicted molar refractivity (Wildman–Crippen MR) is 113 cm³/mol. The smallest absolute Gasteiger partial charge is 0.325 e. The first kappa shape index (κ1) is 28.3. The van der Waals surface area contributed by atoms with Gasteiger partial charge in [0.2, 0.25) is 23.6 Å². The van der Waals surface area contributed by atoms with Gasteiger partial charge in [0, 0.05) is 6.42 Å². The summed E-state index contributed by atoms with van der Waals surface area (Å²) in [5, 5.41) is 16.3. The summed E-state index contributed by atoms with van der Waals surface area (Å²) >= 11 is 0. The highest BCUT2D eigenvalue weighted by molar-refractivity contribution is 5.94. The molecule has 0 saturated carbocycles. The van der Waals surface area contributed by atoms with Crippen molar-refractivity contribution in [3.05, 3.63) is 0 Å². The lowest BCUT2D eigenvalue weighted by atomic mass is 10.0. The Balaban J connectivity index is 5.26. The number of rotatable bonds is 15. The Morgan fingerprint density at radius 1 is 0.871 bits per heavy atom. The Morgan fingerprint density at radius 2 is 1.48 bits per heavy atom. The molecule has 0 aromatic heterocycles. The van der Waals surface area contributed by atoms with Crippen LogP contribution >= 0.6 is 0 Å². The van der Waals surface area contributed by atoms with Gasteiger partial charge >= 0.3 is 5.97 Å². The minimum atomic E-state index is -1.22. The highest BCUT2D eigenvalue weighted by Crippen LogP contribution is 2.06. The summed E-state index contributed by atoms with van der Waals surface area (Å²) in [4.78, 5) is 59.7. The molecule has 4 atom stereocenters. The zero-order valence-electron chi connectivity index (χ0n) is 18.3. The number of nitrogens with one attached hydrogen (secondary N) is 3. The summed E-state index contributed by atoms with van der Waals surface area (Å²) in [7, 11) is 0. The van der Waals surface area contributed by atoms with Gasteiger partial charge in [-0.2, -0.15) is 0 Å². The Kier molecular flexibility index (Phi) is 13.0. The van der Waals surface area contributed by atoms with E-state index in [2.05, 4.69) is 16.0 Å². The fourth-order valence-electron chi connectivity index (χ4n) is 2.63. The number of hydrogen-bond acceptors (Lipinski definition) is 7. The van der Waals surface area contributed by atoms with Crippen molar-refractivity contribution in [1.82, 2.24) is 16.0 Å². The third-order valence-electron chi connectivity index (χ3n) is 4.59. The van der Waals surface area contributed by atoms with Gasteiger partial charge in [0.25, 0.3) is 0 Å². The van der Waals surface area contributed by atoms with Crippen molar-refractivity contribution in [3.63, 3.8) is 0 Å². The normalized spacial score (nSPS) is 14.8. The molecule has 0 saturated heterocycles. The minimum Gasteiger partial charge on any atom is -0.480 e. The van der Waals surface area contributed by atoms with Crippen molar-refractivity contribution < 1.29 is 29.1 Å². The van der Waals surface area contributed by atoms with E-state index in [1.807, 2.05) is 0 Å². The van der Waals surface area contributed by atoms with Crippen molar-refractivity contribution >= 4 is 29.6 Å². The molecule has 12 nitrogen and oxygen atoms in total. The van der Waals surface area contributed by atoms with Crippen LogP contribution in [0.5, 0.6) is 0 Å². The van der Waals surface area contributed by atoms with Crippen LogP contribution in [0.4, 0.5) is 0 Å². The van der Waals surface area contributed by atoms with E-state index in [1.54, 1.807) is 13.8 Å². The fraction of sp³-hybridized carbons (Fsp3) is 0.737. The molecule has 0 radical (unpaired) electrons. The molecule has 0 bridgehead atoms. The zero-order chi connectivity index (χ0) is 24.1. The number of amides is 4. The number of hydrogen-bond donors (Lipinski definition) is 7. The second kappa shape index (κ2) is 14.3. The van der Waals surface area contributed by atoms with Crippen molar-refractivity contribution in [1.29, 1.82) is 0 Å². The molecule has 12 heteroatoms. The monoisotopic (exact) mass is 444 g/mol. The average molecular weight is 445 g/mol. The van der Waals surface area contributed by atoms with E-state index in [0.29, 0.717) is 25.8 Å². The Morgan fingerprint density at radius 3 is 1.97 bits per heavy atom. The van der Waals surface area contributed by atoms with E-state index < -0.39 is 53.8 Å².